The third-order valence-corrected chi connectivity index (χ3v) is 12.5. The Hall–Kier alpha value is -5.45. The maximum absolute atomic E-state index is 4.96. The van der Waals surface area contributed by atoms with E-state index in [-0.39, 0.29) is 0 Å². The third kappa shape index (κ3) is 4.80. The minimum absolute atomic E-state index is 0.659. The second kappa shape index (κ2) is 10.9. The Morgan fingerprint density at radius 3 is 1.42 bits per heavy atom. The van der Waals surface area contributed by atoms with Crippen molar-refractivity contribution in [1.29, 1.82) is 0 Å². The first kappa shape index (κ1) is 27.1. The highest BCUT2D eigenvalue weighted by atomic mass is 28.3. The molecule has 0 bridgehead atoms. The molecule has 0 aliphatic carbocycles. The highest BCUT2D eigenvalue weighted by molar-refractivity contribution is 7.04. The molecule has 0 saturated heterocycles. The fraction of sp³-hybridized carbons (Fsp3) is 0.0488. The number of nitrogens with zero attached hydrogens (tertiary/aromatic N) is 3. The van der Waals surface area contributed by atoms with Crippen molar-refractivity contribution in [3.05, 3.63) is 152 Å². The van der Waals surface area contributed by atoms with Gasteiger partial charge in [-0.3, -0.25) is 0 Å². The van der Waals surface area contributed by atoms with Crippen LogP contribution < -0.4 is 10.4 Å². The van der Waals surface area contributed by atoms with Gasteiger partial charge >= 0.3 is 0 Å². The van der Waals surface area contributed by atoms with E-state index in [9.17, 15) is 0 Å². The lowest BCUT2D eigenvalue weighted by Gasteiger charge is -2.22. The van der Waals surface area contributed by atoms with Gasteiger partial charge < -0.3 is 0 Å². The Bertz CT molecular complexity index is 2130. The largest absolute Gasteiger partial charge is 0.208 e. The van der Waals surface area contributed by atoms with Crippen molar-refractivity contribution in [2.45, 2.75) is 13.1 Å². The maximum Gasteiger partial charge on any atom is 0.164 e. The molecule has 0 saturated carbocycles. The van der Waals surface area contributed by atoms with E-state index in [0.29, 0.717) is 17.5 Å². The Morgan fingerprint density at radius 2 is 0.778 bits per heavy atom. The molecule has 0 spiro atoms. The van der Waals surface area contributed by atoms with Crippen LogP contribution in [0.2, 0.25) is 13.1 Å². The van der Waals surface area contributed by atoms with E-state index in [1.807, 2.05) is 60.7 Å². The number of aromatic nitrogens is 3. The second-order valence-electron chi connectivity index (χ2n) is 12.1. The average Bonchev–Trinajstić information content (AvgIpc) is 3.35. The molecular weight excluding hydrogens is 563 g/mol. The smallest absolute Gasteiger partial charge is 0.164 e. The molecule has 0 fully saturated rings. The molecule has 3 nitrogen and oxygen atoms in total. The Balaban J connectivity index is 1.22. The summed E-state index contributed by atoms with van der Waals surface area (Å²) in [5, 5.41) is 3.06. The molecule has 4 heteroatoms. The maximum atomic E-state index is 4.96. The summed E-state index contributed by atoms with van der Waals surface area (Å²) in [5.41, 5.74) is 10.6. The zero-order chi connectivity index (χ0) is 30.4. The van der Waals surface area contributed by atoms with Crippen LogP contribution in [0.25, 0.3) is 67.5 Å². The van der Waals surface area contributed by atoms with E-state index in [4.69, 9.17) is 15.0 Å². The molecule has 1 aliphatic heterocycles. The highest BCUT2D eigenvalue weighted by Crippen LogP contribution is 2.35. The first-order chi connectivity index (χ1) is 22.1. The number of hydrogen-bond donors (Lipinski definition) is 0. The van der Waals surface area contributed by atoms with Gasteiger partial charge in [-0.05, 0) is 55.9 Å². The molecule has 0 amide bonds. The molecule has 0 unspecified atom stereocenters. The Kier molecular flexibility index (Phi) is 6.58. The molecule has 7 aromatic rings. The van der Waals surface area contributed by atoms with Gasteiger partial charge in [0, 0.05) is 16.7 Å². The second-order valence-corrected chi connectivity index (χ2v) is 16.4. The fourth-order valence-corrected chi connectivity index (χ4v) is 10.2. The van der Waals surface area contributed by atoms with Crippen molar-refractivity contribution < 1.29 is 0 Å². The van der Waals surface area contributed by atoms with Gasteiger partial charge in [-0.2, -0.15) is 0 Å². The monoisotopic (exact) mass is 593 g/mol. The van der Waals surface area contributed by atoms with Gasteiger partial charge in [0.25, 0.3) is 0 Å². The van der Waals surface area contributed by atoms with E-state index in [0.717, 1.165) is 22.3 Å². The lowest BCUT2D eigenvalue weighted by molar-refractivity contribution is 1.07. The van der Waals surface area contributed by atoms with Crippen LogP contribution in [0.1, 0.15) is 0 Å². The van der Waals surface area contributed by atoms with Gasteiger partial charge in [-0.1, -0.05) is 153 Å². The zero-order valence-corrected chi connectivity index (χ0v) is 26.3. The summed E-state index contributed by atoms with van der Waals surface area (Å²) >= 11 is 0. The molecule has 2 heterocycles. The summed E-state index contributed by atoms with van der Waals surface area (Å²) in [6.45, 7) is 4.97. The van der Waals surface area contributed by atoms with Gasteiger partial charge in [0.2, 0.25) is 0 Å². The zero-order valence-electron chi connectivity index (χ0n) is 25.3. The third-order valence-electron chi connectivity index (χ3n) is 8.91. The van der Waals surface area contributed by atoms with E-state index >= 15 is 0 Å². The summed E-state index contributed by atoms with van der Waals surface area (Å²) in [4.78, 5) is 14.8. The molecule has 0 N–H and O–H groups in total. The van der Waals surface area contributed by atoms with Gasteiger partial charge in [-0.25, -0.2) is 15.0 Å². The first-order valence-corrected chi connectivity index (χ1v) is 18.4. The number of benzene rings is 6. The van der Waals surface area contributed by atoms with Gasteiger partial charge in [0.15, 0.2) is 17.5 Å². The van der Waals surface area contributed by atoms with Crippen LogP contribution in [0.15, 0.2) is 152 Å². The fourth-order valence-electron chi connectivity index (χ4n) is 6.73. The summed E-state index contributed by atoms with van der Waals surface area (Å²) in [7, 11) is -1.85. The molecular formula is C41H31N3Si. The summed E-state index contributed by atoms with van der Waals surface area (Å²) < 4.78 is 0. The molecule has 214 valence electrons. The van der Waals surface area contributed by atoms with Crippen LogP contribution in [0.4, 0.5) is 0 Å². The van der Waals surface area contributed by atoms with Crippen molar-refractivity contribution in [3.63, 3.8) is 0 Å². The van der Waals surface area contributed by atoms with Crippen LogP contribution in [0.3, 0.4) is 0 Å². The van der Waals surface area contributed by atoms with Crippen LogP contribution in [0.5, 0.6) is 0 Å². The molecule has 1 aromatic heterocycles. The lowest BCUT2D eigenvalue weighted by atomic mass is 9.95. The topological polar surface area (TPSA) is 38.7 Å². The van der Waals surface area contributed by atoms with Crippen molar-refractivity contribution in [2.24, 2.45) is 0 Å². The summed E-state index contributed by atoms with van der Waals surface area (Å²) in [6.07, 6.45) is 0. The van der Waals surface area contributed by atoms with Gasteiger partial charge in [-0.15, -0.1) is 0 Å². The SMILES string of the molecule is C[Si]1(C)c2ccccc2-c2cccc(-c3cccc(-c4cccc(-c5nc(-c6ccccc6)nc(-c6ccccc6)n5)c4)c3)c21. The minimum Gasteiger partial charge on any atom is -0.208 e. The predicted octanol–water partition coefficient (Wildman–Crippen LogP) is 9.01. The standard InChI is InChI=1S/C41H31N3Si/c1-45(2)37-25-10-9-22-35(37)36-24-13-23-34(38(36)45)32-20-11-18-30(26-32)31-19-12-21-33(27-31)41-43-39(28-14-5-3-6-15-28)42-40(44-41)29-16-7-4-8-17-29/h3-27H,1-2H3. The minimum atomic E-state index is -1.85. The van der Waals surface area contributed by atoms with Crippen molar-refractivity contribution >= 4 is 18.4 Å². The normalized spacial score (nSPS) is 12.8. The summed E-state index contributed by atoms with van der Waals surface area (Å²) in [6, 6.07) is 53.5. The Labute approximate surface area is 265 Å². The lowest BCUT2D eigenvalue weighted by Crippen LogP contribution is -2.50. The van der Waals surface area contributed by atoms with Gasteiger partial charge in [0.1, 0.15) is 8.07 Å². The quantitative estimate of drug-likeness (QED) is 0.187. The number of hydrogen-bond acceptors (Lipinski definition) is 3. The van der Waals surface area contributed by atoms with Crippen LogP contribution >= 0.6 is 0 Å². The number of fused-ring (bicyclic) bond motifs is 3. The van der Waals surface area contributed by atoms with Gasteiger partial charge in [0.05, 0.1) is 0 Å². The number of rotatable bonds is 5. The molecule has 6 aromatic carbocycles. The molecule has 0 radical (unpaired) electrons. The first-order valence-electron chi connectivity index (χ1n) is 15.4. The Morgan fingerprint density at radius 1 is 0.356 bits per heavy atom. The van der Waals surface area contributed by atoms with E-state index in [1.165, 1.54) is 38.2 Å². The molecule has 8 rings (SSSR count). The predicted molar refractivity (Wildman–Crippen MR) is 189 cm³/mol. The van der Waals surface area contributed by atoms with E-state index in [2.05, 4.69) is 104 Å². The van der Waals surface area contributed by atoms with Crippen LogP contribution in [-0.2, 0) is 0 Å². The van der Waals surface area contributed by atoms with E-state index < -0.39 is 8.07 Å². The van der Waals surface area contributed by atoms with Crippen molar-refractivity contribution in [3.8, 4) is 67.5 Å². The van der Waals surface area contributed by atoms with Crippen LogP contribution in [-0.4, -0.2) is 23.0 Å². The van der Waals surface area contributed by atoms with E-state index in [1.54, 1.807) is 0 Å². The van der Waals surface area contributed by atoms with Crippen molar-refractivity contribution in [1.82, 2.24) is 15.0 Å². The molecule has 0 atom stereocenters. The van der Waals surface area contributed by atoms with Crippen molar-refractivity contribution in [2.75, 3.05) is 0 Å². The molecule has 45 heavy (non-hydrogen) atoms. The molecule has 1 aliphatic rings. The summed E-state index contributed by atoms with van der Waals surface area (Å²) in [5.74, 6) is 1.99. The van der Waals surface area contributed by atoms with Crippen LogP contribution in [0, 0.1) is 0 Å². The average molecular weight is 594 g/mol. The highest BCUT2D eigenvalue weighted by Gasteiger charge is 2.39.